The van der Waals surface area contributed by atoms with Crippen LogP contribution < -0.4 is 5.32 Å². The number of aryl methyl sites for hydroxylation is 1. The summed E-state index contributed by atoms with van der Waals surface area (Å²) >= 11 is 1.29. The second kappa shape index (κ2) is 9.22. The molecule has 10 heteroatoms. The monoisotopic (exact) mass is 454 g/mol. The molecule has 1 atom stereocenters. The average Bonchev–Trinajstić information content (AvgIpc) is 3.54. The molecule has 1 aliphatic rings. The van der Waals surface area contributed by atoms with Crippen molar-refractivity contribution in [3.63, 3.8) is 0 Å². The van der Waals surface area contributed by atoms with E-state index in [9.17, 15) is 10.1 Å². The van der Waals surface area contributed by atoms with Crippen LogP contribution in [0.3, 0.4) is 0 Å². The van der Waals surface area contributed by atoms with Gasteiger partial charge in [-0.05, 0) is 45.2 Å². The Labute approximate surface area is 190 Å². The number of nitriles is 1. The van der Waals surface area contributed by atoms with Gasteiger partial charge in [0.25, 0.3) is 0 Å². The third-order valence-electron chi connectivity index (χ3n) is 5.88. The molecule has 0 unspecified atom stereocenters. The first-order valence-corrected chi connectivity index (χ1v) is 11.5. The zero-order valence-corrected chi connectivity index (χ0v) is 19.5. The van der Waals surface area contributed by atoms with Crippen LogP contribution in [0, 0.1) is 32.1 Å². The molecule has 168 valence electrons. The molecule has 0 aliphatic carbocycles. The highest BCUT2D eigenvalue weighted by atomic mass is 32.2. The van der Waals surface area contributed by atoms with E-state index in [1.807, 2.05) is 43.0 Å². The smallest absolute Gasteiger partial charge is 0.235 e. The number of carbonyl (C=O) groups is 1. The average molecular weight is 455 g/mol. The number of hydrogen-bond donors (Lipinski definition) is 1. The number of nitrogens with one attached hydrogen (secondary N) is 1. The molecule has 0 aromatic carbocycles. The van der Waals surface area contributed by atoms with Crippen molar-refractivity contribution in [3.05, 3.63) is 34.9 Å². The highest BCUT2D eigenvalue weighted by molar-refractivity contribution is 7.99. The number of hydrogen-bond acceptors (Lipinski definition) is 7. The first-order chi connectivity index (χ1) is 15.4. The lowest BCUT2D eigenvalue weighted by atomic mass is 10.2. The maximum Gasteiger partial charge on any atom is 0.235 e. The normalized spacial score (nSPS) is 15.8. The van der Waals surface area contributed by atoms with Crippen LogP contribution in [0.1, 0.15) is 35.4 Å². The van der Waals surface area contributed by atoms with Gasteiger partial charge in [-0.3, -0.25) is 4.79 Å². The predicted octanol–water partition coefficient (Wildman–Crippen LogP) is 3.58. The molecule has 32 heavy (non-hydrogen) atoms. The number of anilines is 1. The van der Waals surface area contributed by atoms with Crippen molar-refractivity contribution in [2.75, 3.05) is 17.7 Å². The lowest BCUT2D eigenvalue weighted by Crippen LogP contribution is -2.22. The van der Waals surface area contributed by atoms with Crippen molar-refractivity contribution < 1.29 is 13.9 Å². The molecule has 9 nitrogen and oxygen atoms in total. The van der Waals surface area contributed by atoms with E-state index in [4.69, 9.17) is 9.15 Å². The molecule has 1 fully saturated rings. The molecule has 0 radical (unpaired) electrons. The largest absolute Gasteiger partial charge is 0.469 e. The van der Waals surface area contributed by atoms with Crippen LogP contribution in [0.5, 0.6) is 0 Å². The molecule has 1 aliphatic heterocycles. The number of carbonyl (C=O) groups excluding carboxylic acids is 1. The summed E-state index contributed by atoms with van der Waals surface area (Å²) in [6.07, 6.45) is 3.72. The fraction of sp³-hybridized carbons (Fsp3) is 0.455. The van der Waals surface area contributed by atoms with Gasteiger partial charge in [-0.15, -0.1) is 10.2 Å². The summed E-state index contributed by atoms with van der Waals surface area (Å²) in [6.45, 7) is 7.11. The highest BCUT2D eigenvalue weighted by Crippen LogP contribution is 2.29. The predicted molar refractivity (Wildman–Crippen MR) is 120 cm³/mol. The van der Waals surface area contributed by atoms with E-state index in [0.717, 1.165) is 42.0 Å². The molecule has 1 N–H and O–H groups in total. The molecule has 4 heterocycles. The summed E-state index contributed by atoms with van der Waals surface area (Å²) in [7, 11) is 1.86. The Balaban J connectivity index is 1.48. The number of amides is 1. The molecule has 0 spiro atoms. The first-order valence-electron chi connectivity index (χ1n) is 10.5. The zero-order valence-electron chi connectivity index (χ0n) is 18.6. The number of furan rings is 1. The van der Waals surface area contributed by atoms with Crippen molar-refractivity contribution >= 4 is 23.5 Å². The van der Waals surface area contributed by atoms with Gasteiger partial charge in [0.1, 0.15) is 17.6 Å². The molecule has 1 amide bonds. The van der Waals surface area contributed by atoms with Gasteiger partial charge in [-0.1, -0.05) is 11.8 Å². The van der Waals surface area contributed by atoms with Crippen LogP contribution in [0.2, 0.25) is 0 Å². The summed E-state index contributed by atoms with van der Waals surface area (Å²) < 4.78 is 15.0. The van der Waals surface area contributed by atoms with Gasteiger partial charge in [-0.2, -0.15) is 5.26 Å². The lowest BCUT2D eigenvalue weighted by molar-refractivity contribution is -0.113. The maximum atomic E-state index is 12.8. The molecule has 3 aromatic heterocycles. The Bertz CT molecular complexity index is 1180. The van der Waals surface area contributed by atoms with Crippen molar-refractivity contribution in [3.8, 4) is 17.5 Å². The fourth-order valence-electron chi connectivity index (χ4n) is 3.94. The van der Waals surface area contributed by atoms with Crippen molar-refractivity contribution in [2.45, 2.75) is 51.4 Å². The minimum atomic E-state index is -0.207. The minimum Gasteiger partial charge on any atom is -0.469 e. The Kier molecular flexibility index (Phi) is 6.39. The van der Waals surface area contributed by atoms with Crippen LogP contribution in [0.4, 0.5) is 5.82 Å². The van der Waals surface area contributed by atoms with E-state index in [1.165, 1.54) is 11.8 Å². The fourth-order valence-corrected chi connectivity index (χ4v) is 4.65. The number of thioether (sulfide) groups is 1. The molecule has 3 aromatic rings. The van der Waals surface area contributed by atoms with Gasteiger partial charge >= 0.3 is 0 Å². The second-order valence-electron chi connectivity index (χ2n) is 7.88. The Hall–Kier alpha value is -3.03. The van der Waals surface area contributed by atoms with Crippen LogP contribution in [-0.2, 0) is 23.1 Å². The lowest BCUT2D eigenvalue weighted by Gasteiger charge is -2.16. The van der Waals surface area contributed by atoms with Gasteiger partial charge < -0.3 is 23.6 Å². The number of aromatic nitrogens is 4. The molecule has 1 saturated heterocycles. The quantitative estimate of drug-likeness (QED) is 0.543. The van der Waals surface area contributed by atoms with Crippen LogP contribution in [0.15, 0.2) is 21.9 Å². The van der Waals surface area contributed by atoms with E-state index in [2.05, 4.69) is 21.6 Å². The Morgan fingerprint density at radius 2 is 2.19 bits per heavy atom. The Morgan fingerprint density at radius 1 is 1.38 bits per heavy atom. The van der Waals surface area contributed by atoms with Gasteiger partial charge in [0.15, 0.2) is 11.0 Å². The topological polar surface area (TPSA) is 111 Å². The van der Waals surface area contributed by atoms with E-state index in [-0.39, 0.29) is 17.8 Å². The number of ether oxygens (including phenoxy) is 1. The Morgan fingerprint density at radius 3 is 2.84 bits per heavy atom. The summed E-state index contributed by atoms with van der Waals surface area (Å²) in [5, 5.41) is 21.7. The van der Waals surface area contributed by atoms with Crippen LogP contribution in [0.25, 0.3) is 11.4 Å². The van der Waals surface area contributed by atoms with E-state index in [1.54, 1.807) is 6.26 Å². The van der Waals surface area contributed by atoms with E-state index in [0.29, 0.717) is 28.9 Å². The van der Waals surface area contributed by atoms with E-state index >= 15 is 0 Å². The number of rotatable bonds is 7. The second-order valence-corrected chi connectivity index (χ2v) is 8.83. The maximum absolute atomic E-state index is 12.8. The number of nitrogens with zero attached hydrogens (tertiary/aromatic N) is 5. The molecule has 0 saturated carbocycles. The SMILES string of the molecule is Cc1occc1-c1nnc(SCC(=O)Nc2c(C#N)c(C)c(C)n2C[C@H]2CCCO2)n1C. The van der Waals surface area contributed by atoms with E-state index < -0.39 is 0 Å². The first kappa shape index (κ1) is 22.2. The molecular formula is C22H26N6O3S. The van der Waals surface area contributed by atoms with Gasteiger partial charge in [0, 0.05) is 19.3 Å². The molecular weight excluding hydrogens is 428 g/mol. The van der Waals surface area contributed by atoms with Crippen molar-refractivity contribution in [1.82, 2.24) is 19.3 Å². The van der Waals surface area contributed by atoms with Gasteiger partial charge in [0.05, 0.1) is 35.8 Å². The minimum absolute atomic E-state index is 0.0977. The van der Waals surface area contributed by atoms with Gasteiger partial charge in [0.2, 0.25) is 5.91 Å². The van der Waals surface area contributed by atoms with Gasteiger partial charge in [-0.25, -0.2) is 0 Å². The summed E-state index contributed by atoms with van der Waals surface area (Å²) in [5.41, 5.74) is 3.21. The standard InChI is InChI=1S/C22H26N6O3S/c1-13-14(2)28(11-16-6-5-8-31-16)20(18(13)10-23)24-19(29)12-32-22-26-25-21(27(22)4)17-7-9-30-15(17)3/h7,9,16H,5-6,8,11-12H2,1-4H3,(H,24,29)/t16-/m1/s1. The van der Waals surface area contributed by atoms with Crippen LogP contribution in [-0.4, -0.2) is 43.7 Å². The van der Waals surface area contributed by atoms with Crippen molar-refractivity contribution in [1.29, 1.82) is 5.26 Å². The molecule has 0 bridgehead atoms. The third kappa shape index (κ3) is 4.18. The summed E-state index contributed by atoms with van der Waals surface area (Å²) in [4.78, 5) is 12.8. The summed E-state index contributed by atoms with van der Waals surface area (Å²) in [5.74, 6) is 1.92. The molecule has 4 rings (SSSR count). The third-order valence-corrected chi connectivity index (χ3v) is 6.90. The zero-order chi connectivity index (χ0) is 22.8. The highest BCUT2D eigenvalue weighted by Gasteiger charge is 2.24. The van der Waals surface area contributed by atoms with Crippen LogP contribution >= 0.6 is 11.8 Å². The summed E-state index contributed by atoms with van der Waals surface area (Å²) in [6, 6.07) is 4.09. The van der Waals surface area contributed by atoms with Crippen molar-refractivity contribution in [2.24, 2.45) is 7.05 Å².